The summed E-state index contributed by atoms with van der Waals surface area (Å²) >= 11 is 0. The minimum atomic E-state index is -1.14. The monoisotopic (exact) mass is 187 g/mol. The molecule has 0 aromatic rings. The van der Waals surface area contributed by atoms with E-state index in [0.29, 0.717) is 0 Å². The maximum atomic E-state index is 10.6. The number of nitrogens with zero attached hydrogens (tertiary/aromatic N) is 3. The largest absolute Gasteiger partial charge is 0.479 e. The lowest BCUT2D eigenvalue weighted by Gasteiger charge is -2.12. The Balaban J connectivity index is 2.78. The molecule has 0 saturated carbocycles. The third-order valence-corrected chi connectivity index (χ3v) is 1.86. The molecule has 0 amide bonds. The first-order valence-corrected chi connectivity index (χ1v) is 3.62. The predicted molar refractivity (Wildman–Crippen MR) is 41.1 cm³/mol. The molecule has 1 aliphatic heterocycles. The van der Waals surface area contributed by atoms with Crippen LogP contribution in [0.15, 0.2) is 5.11 Å². The third kappa shape index (κ3) is 1.89. The molecule has 1 aliphatic rings. The van der Waals surface area contributed by atoms with Crippen molar-refractivity contribution in [1.82, 2.24) is 0 Å². The van der Waals surface area contributed by atoms with Gasteiger partial charge < -0.3 is 14.6 Å². The van der Waals surface area contributed by atoms with E-state index in [9.17, 15) is 4.79 Å². The van der Waals surface area contributed by atoms with Gasteiger partial charge in [0.15, 0.2) is 6.10 Å². The topological polar surface area (TPSA) is 105 Å². The Hall–Kier alpha value is -1.30. The van der Waals surface area contributed by atoms with Crippen LogP contribution in [0.25, 0.3) is 10.4 Å². The Morgan fingerprint density at radius 2 is 2.54 bits per heavy atom. The average Bonchev–Trinajstić information content (AvgIpc) is 2.48. The number of hydrogen-bond donors (Lipinski definition) is 1. The number of ether oxygens (including phenoxy) is 2. The number of carboxylic acids is 1. The highest BCUT2D eigenvalue weighted by molar-refractivity contribution is 5.74. The number of rotatable bonds is 3. The van der Waals surface area contributed by atoms with Gasteiger partial charge in [-0.3, -0.25) is 0 Å². The van der Waals surface area contributed by atoms with Crippen molar-refractivity contribution in [2.75, 3.05) is 13.7 Å². The van der Waals surface area contributed by atoms with Crippen LogP contribution in [0.5, 0.6) is 0 Å². The van der Waals surface area contributed by atoms with Gasteiger partial charge in [-0.15, -0.1) is 0 Å². The van der Waals surface area contributed by atoms with Crippen LogP contribution in [0.1, 0.15) is 0 Å². The second kappa shape index (κ2) is 4.08. The number of carboxylic acid groups (broad SMARTS) is 1. The molecule has 7 heteroatoms. The van der Waals surface area contributed by atoms with Gasteiger partial charge in [-0.1, -0.05) is 5.11 Å². The molecule has 1 rings (SSSR count). The number of azide groups is 1. The molecule has 72 valence electrons. The van der Waals surface area contributed by atoms with Crippen molar-refractivity contribution in [3.8, 4) is 0 Å². The fourth-order valence-corrected chi connectivity index (χ4v) is 1.21. The Kier molecular flexibility index (Phi) is 3.07. The highest BCUT2D eigenvalue weighted by atomic mass is 16.6. The van der Waals surface area contributed by atoms with Gasteiger partial charge in [-0.2, -0.15) is 0 Å². The summed E-state index contributed by atoms with van der Waals surface area (Å²) in [5.74, 6) is -1.14. The minimum Gasteiger partial charge on any atom is -0.479 e. The second-order valence-electron chi connectivity index (χ2n) is 2.56. The molecule has 3 atom stereocenters. The maximum absolute atomic E-state index is 10.6. The number of methoxy groups -OCH3 is 1. The molecule has 1 heterocycles. The predicted octanol–water partition coefficient (Wildman–Crippen LogP) is 0.164. The van der Waals surface area contributed by atoms with Crippen LogP contribution in [-0.4, -0.2) is 43.0 Å². The van der Waals surface area contributed by atoms with Crippen LogP contribution in [0.3, 0.4) is 0 Å². The summed E-state index contributed by atoms with van der Waals surface area (Å²) in [5.41, 5.74) is 8.19. The van der Waals surface area contributed by atoms with Crippen LogP contribution in [0.2, 0.25) is 0 Å². The second-order valence-corrected chi connectivity index (χ2v) is 2.56. The first kappa shape index (κ1) is 9.79. The molecule has 0 bridgehead atoms. The van der Waals surface area contributed by atoms with Crippen molar-refractivity contribution >= 4 is 5.97 Å². The van der Waals surface area contributed by atoms with Gasteiger partial charge >= 0.3 is 5.97 Å². The van der Waals surface area contributed by atoms with E-state index >= 15 is 0 Å². The number of carbonyl (C=O) groups is 1. The van der Waals surface area contributed by atoms with Crippen LogP contribution in [0, 0.1) is 0 Å². The van der Waals surface area contributed by atoms with Crippen molar-refractivity contribution in [1.29, 1.82) is 0 Å². The third-order valence-electron chi connectivity index (χ3n) is 1.86. The molecule has 13 heavy (non-hydrogen) atoms. The van der Waals surface area contributed by atoms with E-state index in [4.69, 9.17) is 20.1 Å². The smallest absolute Gasteiger partial charge is 0.333 e. The Morgan fingerprint density at radius 3 is 3.00 bits per heavy atom. The van der Waals surface area contributed by atoms with Gasteiger partial charge in [-0.05, 0) is 5.53 Å². The number of aliphatic carboxylic acids is 1. The molecule has 0 spiro atoms. The van der Waals surface area contributed by atoms with E-state index in [-0.39, 0.29) is 6.61 Å². The maximum Gasteiger partial charge on any atom is 0.333 e. The molecule has 7 nitrogen and oxygen atoms in total. The van der Waals surface area contributed by atoms with E-state index in [1.807, 2.05) is 0 Å². The summed E-state index contributed by atoms with van der Waals surface area (Å²) in [6.07, 6.45) is -1.57. The molecule has 1 N–H and O–H groups in total. The van der Waals surface area contributed by atoms with Crippen LogP contribution in [-0.2, 0) is 14.3 Å². The van der Waals surface area contributed by atoms with E-state index < -0.39 is 24.2 Å². The summed E-state index contributed by atoms with van der Waals surface area (Å²) in [6.45, 7) is 0.136. The molecule has 1 fully saturated rings. The standard InChI is InChI=1S/C6H9N3O4/c1-12-3-2-13-5(6(10)11)4(3)8-9-7/h3-5H,2H2,1H3,(H,10,11)/t3-,4-,5+/m0/s1. The molecule has 0 radical (unpaired) electrons. The van der Waals surface area contributed by atoms with E-state index in [2.05, 4.69) is 10.0 Å². The van der Waals surface area contributed by atoms with E-state index in [0.717, 1.165) is 0 Å². The number of hydrogen-bond acceptors (Lipinski definition) is 4. The lowest BCUT2D eigenvalue weighted by atomic mass is 10.1. The lowest BCUT2D eigenvalue weighted by molar-refractivity contribution is -0.147. The molecule has 0 aromatic carbocycles. The summed E-state index contributed by atoms with van der Waals surface area (Å²) < 4.78 is 9.80. The Labute approximate surface area is 73.9 Å². The minimum absolute atomic E-state index is 0.136. The van der Waals surface area contributed by atoms with Crippen molar-refractivity contribution in [2.45, 2.75) is 18.2 Å². The van der Waals surface area contributed by atoms with Gasteiger partial charge in [-0.25, -0.2) is 4.79 Å². The first-order chi connectivity index (χ1) is 6.20. The Bertz CT molecular complexity index is 250. The van der Waals surface area contributed by atoms with Crippen molar-refractivity contribution < 1.29 is 19.4 Å². The fourth-order valence-electron chi connectivity index (χ4n) is 1.21. The van der Waals surface area contributed by atoms with E-state index in [1.54, 1.807) is 0 Å². The van der Waals surface area contributed by atoms with E-state index in [1.165, 1.54) is 7.11 Å². The van der Waals surface area contributed by atoms with Gasteiger partial charge in [0.25, 0.3) is 0 Å². The van der Waals surface area contributed by atoms with Crippen LogP contribution in [0.4, 0.5) is 0 Å². The van der Waals surface area contributed by atoms with Crippen molar-refractivity contribution in [2.24, 2.45) is 5.11 Å². The zero-order valence-electron chi connectivity index (χ0n) is 6.95. The molecule has 0 unspecified atom stereocenters. The summed E-state index contributed by atoms with van der Waals surface area (Å²) in [6, 6.07) is -0.785. The van der Waals surface area contributed by atoms with Crippen LogP contribution >= 0.6 is 0 Å². The lowest BCUT2D eigenvalue weighted by Crippen LogP contribution is -2.34. The normalized spacial score (nSPS) is 32.5. The molecular weight excluding hydrogens is 178 g/mol. The molecule has 0 aromatic heterocycles. The quantitative estimate of drug-likeness (QED) is 0.386. The summed E-state index contributed by atoms with van der Waals surface area (Å²) in [7, 11) is 1.41. The van der Waals surface area contributed by atoms with Gasteiger partial charge in [0.2, 0.25) is 0 Å². The Morgan fingerprint density at radius 1 is 1.85 bits per heavy atom. The van der Waals surface area contributed by atoms with Crippen molar-refractivity contribution in [3.63, 3.8) is 0 Å². The highest BCUT2D eigenvalue weighted by Gasteiger charge is 2.41. The summed E-state index contributed by atoms with van der Waals surface area (Å²) in [5, 5.41) is 12.0. The molecule has 0 aliphatic carbocycles. The molecular formula is C6H9N3O4. The zero-order valence-corrected chi connectivity index (χ0v) is 6.95. The van der Waals surface area contributed by atoms with Gasteiger partial charge in [0, 0.05) is 12.0 Å². The van der Waals surface area contributed by atoms with Gasteiger partial charge in [0.1, 0.15) is 6.04 Å². The van der Waals surface area contributed by atoms with Gasteiger partial charge in [0.05, 0.1) is 12.7 Å². The summed E-state index contributed by atoms with van der Waals surface area (Å²) in [4.78, 5) is 13.1. The molecule has 1 saturated heterocycles. The van der Waals surface area contributed by atoms with Crippen LogP contribution < -0.4 is 0 Å². The average molecular weight is 187 g/mol. The fraction of sp³-hybridized carbons (Fsp3) is 0.833. The highest BCUT2D eigenvalue weighted by Crippen LogP contribution is 2.20. The first-order valence-electron chi connectivity index (χ1n) is 3.62. The van der Waals surface area contributed by atoms with Crippen molar-refractivity contribution in [3.05, 3.63) is 10.4 Å². The zero-order chi connectivity index (χ0) is 9.84. The SMILES string of the molecule is CO[C@H]1CO[C@@H](C(=O)O)[C@H]1N=[N+]=[N-].